The summed E-state index contributed by atoms with van der Waals surface area (Å²) in [6.07, 6.45) is 0. The van der Waals surface area contributed by atoms with Crippen molar-refractivity contribution in [3.63, 3.8) is 0 Å². The van der Waals surface area contributed by atoms with Crippen LogP contribution >= 0.6 is 11.3 Å². The number of nitrogens with zero attached hydrogens (tertiary/aromatic N) is 1. The van der Waals surface area contributed by atoms with Crippen LogP contribution in [0.15, 0.2) is 72.8 Å². The Hall–Kier alpha value is -3.11. The lowest BCUT2D eigenvalue weighted by Crippen LogP contribution is -2.11. The minimum absolute atomic E-state index is 0.427. The Morgan fingerprint density at radius 1 is 0.760 bits per heavy atom. The average molecular weight is 341 g/mol. The van der Waals surface area contributed by atoms with Crippen LogP contribution in [0.25, 0.3) is 31.9 Å². The maximum atomic E-state index is 8.92. The van der Waals surface area contributed by atoms with Crippen LogP contribution in [0.1, 0.15) is 4.88 Å². The second-order valence-corrected chi connectivity index (χ2v) is 7.11. The molecule has 0 fully saturated rings. The van der Waals surface area contributed by atoms with Gasteiger partial charge in [0.25, 0.3) is 0 Å². The first-order chi connectivity index (χ1) is 12.3. The number of hydrogen-bond acceptors (Lipinski definition) is 3. The van der Waals surface area contributed by atoms with Gasteiger partial charge in [-0.15, -0.1) is 11.3 Å². The molecule has 0 saturated heterocycles. The highest BCUT2D eigenvalue weighted by Crippen LogP contribution is 2.36. The van der Waals surface area contributed by atoms with Gasteiger partial charge in [-0.2, -0.15) is 0 Å². The summed E-state index contributed by atoms with van der Waals surface area (Å²) in [5.41, 5.74) is 9.14. The zero-order chi connectivity index (χ0) is 17.0. The normalized spacial score (nSPS) is 11.5. The number of nitrogens with two attached hydrogens (primary N) is 1. The lowest BCUT2D eigenvalue weighted by molar-refractivity contribution is 1.23. The molecule has 3 nitrogen and oxygen atoms in total. The molecule has 0 unspecified atom stereocenters. The Kier molecular flexibility index (Phi) is 2.96. The number of para-hydroxylation sites is 2. The van der Waals surface area contributed by atoms with E-state index in [-0.39, 0.29) is 0 Å². The zero-order valence-corrected chi connectivity index (χ0v) is 14.2. The van der Waals surface area contributed by atoms with E-state index in [2.05, 4.69) is 30.3 Å². The molecule has 0 saturated carbocycles. The van der Waals surface area contributed by atoms with Gasteiger partial charge in [0.2, 0.25) is 0 Å². The SMILES string of the molecule is N=C(c1sc2ccccc2c1N)n1c2ccccc2c2ccccc21. The van der Waals surface area contributed by atoms with Crippen LogP contribution in [-0.4, -0.2) is 10.4 Å². The fourth-order valence-electron chi connectivity index (χ4n) is 3.51. The Morgan fingerprint density at radius 3 is 1.88 bits per heavy atom. The minimum Gasteiger partial charge on any atom is -0.397 e. The topological polar surface area (TPSA) is 54.8 Å². The molecule has 3 aromatic carbocycles. The maximum absolute atomic E-state index is 8.92. The van der Waals surface area contributed by atoms with Gasteiger partial charge in [0.15, 0.2) is 0 Å². The molecule has 5 aromatic rings. The molecule has 120 valence electrons. The summed E-state index contributed by atoms with van der Waals surface area (Å²) in [4.78, 5) is 0.813. The van der Waals surface area contributed by atoms with Gasteiger partial charge in [0.05, 0.1) is 21.6 Å². The summed E-state index contributed by atoms with van der Waals surface area (Å²) in [6.45, 7) is 0. The predicted molar refractivity (Wildman–Crippen MR) is 108 cm³/mol. The summed E-state index contributed by atoms with van der Waals surface area (Å²) >= 11 is 1.58. The summed E-state index contributed by atoms with van der Waals surface area (Å²) in [7, 11) is 0. The van der Waals surface area contributed by atoms with Crippen LogP contribution in [0, 0.1) is 5.41 Å². The Labute approximate surface area is 148 Å². The van der Waals surface area contributed by atoms with Crippen LogP contribution < -0.4 is 5.73 Å². The van der Waals surface area contributed by atoms with E-state index in [1.54, 1.807) is 11.3 Å². The van der Waals surface area contributed by atoms with Gasteiger partial charge >= 0.3 is 0 Å². The largest absolute Gasteiger partial charge is 0.397 e. The molecule has 2 aromatic heterocycles. The quantitative estimate of drug-likeness (QED) is 0.308. The molecular weight excluding hydrogens is 326 g/mol. The van der Waals surface area contributed by atoms with E-state index in [1.807, 2.05) is 47.0 Å². The molecule has 0 radical (unpaired) electrons. The second-order valence-electron chi connectivity index (χ2n) is 6.06. The van der Waals surface area contributed by atoms with Crippen molar-refractivity contribution in [1.82, 2.24) is 4.57 Å². The molecule has 0 aliphatic rings. The summed E-state index contributed by atoms with van der Waals surface area (Å²) in [5.74, 6) is 0.427. The van der Waals surface area contributed by atoms with Crippen molar-refractivity contribution in [1.29, 1.82) is 5.41 Å². The highest BCUT2D eigenvalue weighted by Gasteiger charge is 2.19. The first kappa shape index (κ1) is 14.3. The number of nitrogens with one attached hydrogen (secondary N) is 1. The van der Waals surface area contributed by atoms with Gasteiger partial charge in [-0.05, 0) is 18.2 Å². The van der Waals surface area contributed by atoms with E-state index >= 15 is 0 Å². The third kappa shape index (κ3) is 1.95. The van der Waals surface area contributed by atoms with Crippen molar-refractivity contribution >= 4 is 54.8 Å². The van der Waals surface area contributed by atoms with E-state index < -0.39 is 0 Å². The molecule has 0 atom stereocenters. The number of benzene rings is 3. The number of anilines is 1. The summed E-state index contributed by atoms with van der Waals surface area (Å²) < 4.78 is 3.12. The van der Waals surface area contributed by atoms with E-state index in [1.165, 1.54) is 0 Å². The number of hydrogen-bond donors (Lipinski definition) is 2. The van der Waals surface area contributed by atoms with Crippen molar-refractivity contribution < 1.29 is 0 Å². The number of fused-ring (bicyclic) bond motifs is 4. The van der Waals surface area contributed by atoms with Crippen molar-refractivity contribution in [3.05, 3.63) is 77.7 Å². The number of aromatic nitrogens is 1. The first-order valence-electron chi connectivity index (χ1n) is 8.10. The second kappa shape index (κ2) is 5.19. The van der Waals surface area contributed by atoms with Gasteiger partial charge < -0.3 is 5.73 Å². The van der Waals surface area contributed by atoms with Crippen molar-refractivity contribution in [2.24, 2.45) is 0 Å². The predicted octanol–water partition coefficient (Wildman–Crippen LogP) is 5.47. The molecule has 25 heavy (non-hydrogen) atoms. The molecule has 0 bridgehead atoms. The van der Waals surface area contributed by atoms with Crippen molar-refractivity contribution in [2.75, 3.05) is 5.73 Å². The van der Waals surface area contributed by atoms with Gasteiger partial charge in [-0.25, -0.2) is 0 Å². The molecule has 3 N–H and O–H groups in total. The fourth-order valence-corrected chi connectivity index (χ4v) is 4.57. The number of rotatable bonds is 1. The molecular formula is C21H15N3S. The summed E-state index contributed by atoms with van der Waals surface area (Å²) in [6, 6.07) is 24.5. The third-order valence-corrected chi connectivity index (χ3v) is 5.85. The molecule has 0 spiro atoms. The van der Waals surface area contributed by atoms with E-state index in [9.17, 15) is 0 Å². The standard InChI is InChI=1S/C21H15N3S/c22-19-15-9-3-6-12-18(15)25-20(19)21(23)24-16-10-4-1-7-13(16)14-8-2-5-11-17(14)24/h1-12,23H,22H2. The van der Waals surface area contributed by atoms with Crippen LogP contribution in [0.3, 0.4) is 0 Å². The van der Waals surface area contributed by atoms with Gasteiger partial charge in [-0.3, -0.25) is 9.98 Å². The van der Waals surface area contributed by atoms with E-state index in [4.69, 9.17) is 11.1 Å². The zero-order valence-electron chi connectivity index (χ0n) is 13.4. The Morgan fingerprint density at radius 2 is 1.28 bits per heavy atom. The summed E-state index contributed by atoms with van der Waals surface area (Å²) in [5, 5.41) is 12.2. The minimum atomic E-state index is 0.427. The molecule has 4 heteroatoms. The van der Waals surface area contributed by atoms with Crippen molar-refractivity contribution in [3.8, 4) is 0 Å². The monoisotopic (exact) mass is 341 g/mol. The highest BCUT2D eigenvalue weighted by molar-refractivity contribution is 7.21. The van der Waals surface area contributed by atoms with Crippen LogP contribution in [0.5, 0.6) is 0 Å². The Balaban J connectivity index is 1.85. The molecule has 5 rings (SSSR count). The average Bonchev–Trinajstić information content (AvgIpc) is 3.17. The van der Waals surface area contributed by atoms with Crippen molar-refractivity contribution in [2.45, 2.75) is 0 Å². The highest BCUT2D eigenvalue weighted by atomic mass is 32.1. The van der Waals surface area contributed by atoms with E-state index in [0.717, 1.165) is 36.8 Å². The fraction of sp³-hybridized carbons (Fsp3) is 0. The van der Waals surface area contributed by atoms with Crippen LogP contribution in [0.2, 0.25) is 0 Å². The van der Waals surface area contributed by atoms with Gasteiger partial charge in [0.1, 0.15) is 5.84 Å². The molecule has 2 heterocycles. The van der Waals surface area contributed by atoms with Crippen LogP contribution in [-0.2, 0) is 0 Å². The lowest BCUT2D eigenvalue weighted by atomic mass is 10.2. The Bertz CT molecular complexity index is 1220. The number of thiophene rings is 1. The van der Waals surface area contributed by atoms with E-state index in [0.29, 0.717) is 11.5 Å². The lowest BCUT2D eigenvalue weighted by Gasteiger charge is -2.08. The third-order valence-electron chi connectivity index (χ3n) is 4.65. The molecule has 0 aliphatic heterocycles. The number of nitrogen functional groups attached to an aromatic ring is 1. The van der Waals surface area contributed by atoms with Gasteiger partial charge in [-0.1, -0.05) is 54.6 Å². The van der Waals surface area contributed by atoms with Crippen LogP contribution in [0.4, 0.5) is 5.69 Å². The maximum Gasteiger partial charge on any atom is 0.149 e. The smallest absolute Gasteiger partial charge is 0.149 e. The molecule has 0 aliphatic carbocycles. The molecule has 0 amide bonds. The van der Waals surface area contributed by atoms with Gasteiger partial charge in [0, 0.05) is 20.9 Å². The first-order valence-corrected chi connectivity index (χ1v) is 8.92.